The summed E-state index contributed by atoms with van der Waals surface area (Å²) in [5.74, 6) is -2.59. The van der Waals surface area contributed by atoms with E-state index in [1.54, 1.807) is 0 Å². The van der Waals surface area contributed by atoms with Crippen molar-refractivity contribution >= 4 is 34.9 Å². The van der Waals surface area contributed by atoms with Crippen molar-refractivity contribution in [3.8, 4) is 5.75 Å². The number of hydrogen-bond acceptors (Lipinski definition) is 6. The fourth-order valence-corrected chi connectivity index (χ4v) is 2.23. The second-order valence-corrected chi connectivity index (χ2v) is 5.74. The molecule has 8 nitrogen and oxygen atoms in total. The Morgan fingerprint density at radius 1 is 1.26 bits per heavy atom. The van der Waals surface area contributed by atoms with Crippen LogP contribution >= 0.6 is 11.6 Å². The third kappa shape index (κ3) is 4.91. The molecule has 2 aromatic carbocycles. The molecular formula is C17H14ClFN2O6. The number of amides is 1. The summed E-state index contributed by atoms with van der Waals surface area (Å²) in [6.07, 6.45) is -1.28. The van der Waals surface area contributed by atoms with Crippen molar-refractivity contribution in [3.05, 3.63) is 62.9 Å². The van der Waals surface area contributed by atoms with Gasteiger partial charge < -0.3 is 14.8 Å². The lowest BCUT2D eigenvalue weighted by Crippen LogP contribution is -2.30. The van der Waals surface area contributed by atoms with Crippen LogP contribution in [0.1, 0.15) is 17.3 Å². The standard InChI is InChI=1S/C17H14ClFN2O6/c1-9(27-17(23)12-7-10(18)3-5-13(12)19)16(22)20-14-6-4-11(21(24)25)8-15(14)26-2/h3-9H,1-2H3,(H,20,22)/t9-/m0/s1. The molecule has 0 radical (unpaired) electrons. The van der Waals surface area contributed by atoms with Crippen molar-refractivity contribution in [1.29, 1.82) is 0 Å². The average Bonchev–Trinajstić information content (AvgIpc) is 2.63. The molecule has 1 amide bonds. The summed E-state index contributed by atoms with van der Waals surface area (Å²) >= 11 is 5.72. The van der Waals surface area contributed by atoms with Gasteiger partial charge in [0.15, 0.2) is 6.10 Å². The van der Waals surface area contributed by atoms with Crippen LogP contribution in [0.15, 0.2) is 36.4 Å². The minimum atomic E-state index is -1.28. The number of anilines is 1. The molecule has 1 N–H and O–H groups in total. The van der Waals surface area contributed by atoms with Crippen molar-refractivity contribution in [2.24, 2.45) is 0 Å². The van der Waals surface area contributed by atoms with Crippen LogP contribution in [0, 0.1) is 15.9 Å². The summed E-state index contributed by atoms with van der Waals surface area (Å²) in [5, 5.41) is 13.3. The summed E-state index contributed by atoms with van der Waals surface area (Å²) < 4.78 is 23.6. The van der Waals surface area contributed by atoms with E-state index in [1.165, 1.54) is 32.2 Å². The maximum Gasteiger partial charge on any atom is 0.341 e. The number of carbonyl (C=O) groups is 2. The predicted molar refractivity (Wildman–Crippen MR) is 94.6 cm³/mol. The second-order valence-electron chi connectivity index (χ2n) is 5.30. The van der Waals surface area contributed by atoms with E-state index in [1.807, 2.05) is 0 Å². The van der Waals surface area contributed by atoms with E-state index in [0.717, 1.165) is 18.2 Å². The molecule has 2 aromatic rings. The normalized spacial score (nSPS) is 11.4. The fourth-order valence-electron chi connectivity index (χ4n) is 2.06. The maximum atomic E-state index is 13.7. The van der Waals surface area contributed by atoms with Crippen molar-refractivity contribution in [1.82, 2.24) is 0 Å². The Balaban J connectivity index is 2.10. The molecule has 0 fully saturated rings. The number of nitrogens with zero attached hydrogens (tertiary/aromatic N) is 1. The van der Waals surface area contributed by atoms with E-state index in [-0.39, 0.29) is 22.1 Å². The molecule has 0 unspecified atom stereocenters. The Morgan fingerprint density at radius 2 is 1.96 bits per heavy atom. The zero-order chi connectivity index (χ0) is 20.1. The molecule has 2 rings (SSSR count). The van der Waals surface area contributed by atoms with E-state index in [4.69, 9.17) is 21.1 Å². The summed E-state index contributed by atoms with van der Waals surface area (Å²) in [6, 6.07) is 6.95. The summed E-state index contributed by atoms with van der Waals surface area (Å²) in [4.78, 5) is 34.4. The Kier molecular flexibility index (Phi) is 6.30. The van der Waals surface area contributed by atoms with Gasteiger partial charge in [0.05, 0.1) is 29.4 Å². The number of nitro groups is 1. The summed E-state index contributed by atoms with van der Waals surface area (Å²) in [5.41, 5.74) is -0.485. The molecule has 27 heavy (non-hydrogen) atoms. The number of benzene rings is 2. The predicted octanol–water partition coefficient (Wildman–Crippen LogP) is 3.58. The highest BCUT2D eigenvalue weighted by atomic mass is 35.5. The van der Waals surface area contributed by atoms with Crippen LogP contribution in [0.2, 0.25) is 5.02 Å². The molecule has 10 heteroatoms. The van der Waals surface area contributed by atoms with Crippen molar-refractivity contribution in [3.63, 3.8) is 0 Å². The molecule has 142 valence electrons. The number of esters is 1. The number of hydrogen-bond donors (Lipinski definition) is 1. The third-order valence-corrected chi connectivity index (χ3v) is 3.69. The summed E-state index contributed by atoms with van der Waals surface area (Å²) in [6.45, 7) is 1.29. The molecule has 0 aliphatic rings. The number of nitrogens with one attached hydrogen (secondary N) is 1. The van der Waals surface area contributed by atoms with Crippen LogP contribution in [-0.2, 0) is 9.53 Å². The third-order valence-electron chi connectivity index (χ3n) is 3.46. The quantitative estimate of drug-likeness (QED) is 0.454. The van der Waals surface area contributed by atoms with E-state index < -0.39 is 34.3 Å². The topological polar surface area (TPSA) is 108 Å². The second kappa shape index (κ2) is 8.45. The highest BCUT2D eigenvalue weighted by Gasteiger charge is 2.23. The van der Waals surface area contributed by atoms with Crippen LogP contribution in [0.5, 0.6) is 5.75 Å². The number of nitro benzene ring substituents is 1. The highest BCUT2D eigenvalue weighted by molar-refractivity contribution is 6.30. The lowest BCUT2D eigenvalue weighted by Gasteiger charge is -2.15. The van der Waals surface area contributed by atoms with Gasteiger partial charge >= 0.3 is 5.97 Å². The van der Waals surface area contributed by atoms with Gasteiger partial charge in [-0.05, 0) is 31.2 Å². The van der Waals surface area contributed by atoms with Crippen LogP contribution < -0.4 is 10.1 Å². The number of carbonyl (C=O) groups excluding carboxylic acids is 2. The molecule has 0 saturated heterocycles. The molecule has 0 aliphatic heterocycles. The molecule has 0 saturated carbocycles. The maximum absolute atomic E-state index is 13.7. The molecule has 0 aliphatic carbocycles. The molecule has 0 aromatic heterocycles. The van der Waals surface area contributed by atoms with Gasteiger partial charge in [0.1, 0.15) is 11.6 Å². The number of halogens is 2. The molecular weight excluding hydrogens is 383 g/mol. The van der Waals surface area contributed by atoms with Gasteiger partial charge in [-0.15, -0.1) is 0 Å². The van der Waals surface area contributed by atoms with Crippen molar-refractivity contribution in [2.75, 3.05) is 12.4 Å². The Bertz CT molecular complexity index is 905. The van der Waals surface area contributed by atoms with Gasteiger partial charge in [0.2, 0.25) is 0 Å². The largest absolute Gasteiger partial charge is 0.494 e. The first-order valence-corrected chi connectivity index (χ1v) is 7.90. The minimum Gasteiger partial charge on any atom is -0.494 e. The Labute approximate surface area is 158 Å². The zero-order valence-electron chi connectivity index (χ0n) is 14.2. The number of non-ortho nitro benzene ring substituents is 1. The smallest absolute Gasteiger partial charge is 0.341 e. The van der Waals surface area contributed by atoms with E-state index in [0.29, 0.717) is 0 Å². The van der Waals surface area contributed by atoms with Crippen molar-refractivity contribution in [2.45, 2.75) is 13.0 Å². The first kappa shape index (κ1) is 20.1. The molecule has 1 atom stereocenters. The summed E-state index contributed by atoms with van der Waals surface area (Å²) in [7, 11) is 1.28. The van der Waals surface area contributed by atoms with Crippen LogP contribution in [0.3, 0.4) is 0 Å². The first-order valence-electron chi connectivity index (χ1n) is 7.52. The number of methoxy groups -OCH3 is 1. The van der Waals surface area contributed by atoms with Crippen LogP contribution in [0.4, 0.5) is 15.8 Å². The number of ether oxygens (including phenoxy) is 2. The lowest BCUT2D eigenvalue weighted by atomic mass is 10.2. The fraction of sp³-hybridized carbons (Fsp3) is 0.176. The minimum absolute atomic E-state index is 0.0527. The monoisotopic (exact) mass is 396 g/mol. The SMILES string of the molecule is COc1cc([N+](=O)[O-])ccc1NC(=O)[C@H](C)OC(=O)c1cc(Cl)ccc1F. The molecule has 0 spiro atoms. The first-order chi connectivity index (χ1) is 12.7. The van der Waals surface area contributed by atoms with Gasteiger partial charge in [0.25, 0.3) is 11.6 Å². The van der Waals surface area contributed by atoms with Crippen molar-refractivity contribution < 1.29 is 28.4 Å². The van der Waals surface area contributed by atoms with Gasteiger partial charge in [-0.25, -0.2) is 9.18 Å². The average molecular weight is 397 g/mol. The Hall–Kier alpha value is -3.20. The Morgan fingerprint density at radius 3 is 2.59 bits per heavy atom. The van der Waals surface area contributed by atoms with E-state index in [9.17, 15) is 24.1 Å². The van der Waals surface area contributed by atoms with E-state index >= 15 is 0 Å². The van der Waals surface area contributed by atoms with Crippen LogP contribution in [-0.4, -0.2) is 30.0 Å². The van der Waals surface area contributed by atoms with Gasteiger partial charge in [-0.2, -0.15) is 0 Å². The van der Waals surface area contributed by atoms with Gasteiger partial charge in [0, 0.05) is 11.1 Å². The van der Waals surface area contributed by atoms with Crippen LogP contribution in [0.25, 0.3) is 0 Å². The lowest BCUT2D eigenvalue weighted by molar-refractivity contribution is -0.384. The number of rotatable bonds is 6. The zero-order valence-corrected chi connectivity index (χ0v) is 15.0. The highest BCUT2D eigenvalue weighted by Crippen LogP contribution is 2.29. The molecule has 0 heterocycles. The van der Waals surface area contributed by atoms with E-state index in [2.05, 4.69) is 5.32 Å². The van der Waals surface area contributed by atoms with Gasteiger partial charge in [-0.3, -0.25) is 14.9 Å². The molecule has 0 bridgehead atoms. The van der Waals surface area contributed by atoms with Gasteiger partial charge in [-0.1, -0.05) is 11.6 Å².